The molecule has 0 saturated heterocycles. The predicted molar refractivity (Wildman–Crippen MR) is 165 cm³/mol. The highest BCUT2D eigenvalue weighted by Crippen LogP contribution is 2.45. The van der Waals surface area contributed by atoms with E-state index >= 15 is 0 Å². The SMILES string of the molecule is CCOC(=O)C(CCc1cccc2ccccc12)CC1(C(=O)NC2CCc3ccccc3N(CC(=O)O)C2=O)CCCC1. The molecule has 226 valence electrons. The smallest absolute Gasteiger partial charge is 0.323 e. The topological polar surface area (TPSA) is 113 Å². The molecule has 1 aliphatic heterocycles. The van der Waals surface area contributed by atoms with Gasteiger partial charge >= 0.3 is 11.9 Å². The molecule has 2 N–H and O–H groups in total. The number of esters is 1. The Morgan fingerprint density at radius 1 is 1.02 bits per heavy atom. The lowest BCUT2D eigenvalue weighted by atomic mass is 9.75. The van der Waals surface area contributed by atoms with Gasteiger partial charge in [-0.3, -0.25) is 24.1 Å². The van der Waals surface area contributed by atoms with Crippen molar-refractivity contribution in [2.75, 3.05) is 18.1 Å². The van der Waals surface area contributed by atoms with Crippen LogP contribution >= 0.6 is 0 Å². The van der Waals surface area contributed by atoms with Crippen LogP contribution in [0.5, 0.6) is 0 Å². The first-order chi connectivity index (χ1) is 20.8. The van der Waals surface area contributed by atoms with Crippen LogP contribution in [0.4, 0.5) is 5.69 Å². The van der Waals surface area contributed by atoms with E-state index in [1.165, 1.54) is 4.90 Å². The molecule has 0 aromatic heterocycles. The number of carbonyl (C=O) groups is 4. The van der Waals surface area contributed by atoms with Gasteiger partial charge in [0.05, 0.1) is 17.9 Å². The highest BCUT2D eigenvalue weighted by Gasteiger charge is 2.46. The minimum atomic E-state index is -1.12. The van der Waals surface area contributed by atoms with Gasteiger partial charge in [0.2, 0.25) is 11.8 Å². The largest absolute Gasteiger partial charge is 0.480 e. The van der Waals surface area contributed by atoms with Crippen LogP contribution < -0.4 is 10.2 Å². The molecule has 5 rings (SSSR count). The summed E-state index contributed by atoms with van der Waals surface area (Å²) in [5.41, 5.74) is 1.80. The summed E-state index contributed by atoms with van der Waals surface area (Å²) in [7, 11) is 0. The van der Waals surface area contributed by atoms with Gasteiger partial charge in [-0.1, -0.05) is 73.5 Å². The highest BCUT2D eigenvalue weighted by atomic mass is 16.5. The number of rotatable bonds is 11. The first-order valence-corrected chi connectivity index (χ1v) is 15.4. The lowest BCUT2D eigenvalue weighted by Gasteiger charge is -2.33. The van der Waals surface area contributed by atoms with Crippen LogP contribution in [0.25, 0.3) is 10.8 Å². The summed E-state index contributed by atoms with van der Waals surface area (Å²) in [6.07, 6.45) is 5.46. The van der Waals surface area contributed by atoms with E-state index in [2.05, 4.69) is 29.6 Å². The molecule has 3 aromatic carbocycles. The third kappa shape index (κ3) is 6.74. The van der Waals surface area contributed by atoms with E-state index in [0.717, 1.165) is 34.7 Å². The Morgan fingerprint density at radius 3 is 2.51 bits per heavy atom. The summed E-state index contributed by atoms with van der Waals surface area (Å²) in [6.45, 7) is 1.57. The second-order valence-electron chi connectivity index (χ2n) is 11.8. The average molecular weight is 585 g/mol. The van der Waals surface area contributed by atoms with Gasteiger partial charge in [0, 0.05) is 5.69 Å². The molecule has 43 heavy (non-hydrogen) atoms. The predicted octanol–water partition coefficient (Wildman–Crippen LogP) is 5.45. The van der Waals surface area contributed by atoms with Gasteiger partial charge in [-0.05, 0) is 79.8 Å². The maximum atomic E-state index is 14.1. The van der Waals surface area contributed by atoms with Crippen LogP contribution in [-0.2, 0) is 36.8 Å². The number of nitrogens with zero attached hydrogens (tertiary/aromatic N) is 1. The summed E-state index contributed by atoms with van der Waals surface area (Å²) in [5, 5.41) is 14.9. The maximum Gasteiger partial charge on any atom is 0.323 e. The fourth-order valence-electron chi connectivity index (χ4n) is 6.91. The molecule has 1 aliphatic carbocycles. The van der Waals surface area contributed by atoms with E-state index in [0.29, 0.717) is 50.6 Å². The summed E-state index contributed by atoms with van der Waals surface area (Å²) in [4.78, 5) is 54.0. The number of carbonyl (C=O) groups excluding carboxylic acids is 3. The Morgan fingerprint density at radius 2 is 1.74 bits per heavy atom. The number of carboxylic acid groups (broad SMARTS) is 1. The number of ether oxygens (including phenoxy) is 1. The lowest BCUT2D eigenvalue weighted by molar-refractivity contribution is -0.150. The first-order valence-electron chi connectivity index (χ1n) is 15.4. The Balaban J connectivity index is 1.36. The Kier molecular flexibility index (Phi) is 9.43. The third-order valence-electron chi connectivity index (χ3n) is 9.09. The third-order valence-corrected chi connectivity index (χ3v) is 9.09. The number of nitrogens with one attached hydrogen (secondary N) is 1. The van der Waals surface area contributed by atoms with Crippen molar-refractivity contribution in [3.05, 3.63) is 77.9 Å². The fourth-order valence-corrected chi connectivity index (χ4v) is 6.91. The van der Waals surface area contributed by atoms with Gasteiger partial charge in [-0.2, -0.15) is 0 Å². The quantitative estimate of drug-likeness (QED) is 0.290. The van der Waals surface area contributed by atoms with Crippen molar-refractivity contribution in [3.63, 3.8) is 0 Å². The number of hydrogen-bond donors (Lipinski definition) is 2. The molecule has 0 spiro atoms. The van der Waals surface area contributed by atoms with E-state index < -0.39 is 35.8 Å². The number of aryl methyl sites for hydroxylation is 2. The monoisotopic (exact) mass is 584 g/mol. The van der Waals surface area contributed by atoms with E-state index in [-0.39, 0.29) is 18.5 Å². The van der Waals surface area contributed by atoms with E-state index in [1.807, 2.05) is 30.3 Å². The van der Waals surface area contributed by atoms with Gasteiger partial charge in [0.15, 0.2) is 0 Å². The van der Waals surface area contributed by atoms with Gasteiger partial charge in [0.25, 0.3) is 0 Å². The first kappa shape index (κ1) is 30.3. The van der Waals surface area contributed by atoms with Gasteiger partial charge in [-0.15, -0.1) is 0 Å². The van der Waals surface area contributed by atoms with Crippen molar-refractivity contribution in [2.45, 2.75) is 70.8 Å². The van der Waals surface area contributed by atoms with Crippen LogP contribution in [0, 0.1) is 11.3 Å². The van der Waals surface area contributed by atoms with Gasteiger partial charge in [0.1, 0.15) is 12.6 Å². The van der Waals surface area contributed by atoms with Crippen LogP contribution in [0.3, 0.4) is 0 Å². The molecular formula is C35H40N2O6. The fraction of sp³-hybridized carbons (Fsp3) is 0.429. The number of amides is 2. The molecule has 1 saturated carbocycles. The van der Waals surface area contributed by atoms with Crippen molar-refractivity contribution in [1.29, 1.82) is 0 Å². The molecule has 8 nitrogen and oxygen atoms in total. The minimum absolute atomic E-state index is 0.232. The Hall–Kier alpha value is -4.20. The van der Waals surface area contributed by atoms with Crippen molar-refractivity contribution in [2.24, 2.45) is 11.3 Å². The lowest BCUT2D eigenvalue weighted by Crippen LogP contribution is -2.53. The Labute approximate surface area is 252 Å². The number of carboxylic acids is 1. The molecule has 0 bridgehead atoms. The molecule has 1 fully saturated rings. The molecule has 2 amide bonds. The molecule has 2 unspecified atom stereocenters. The number of fused-ring (bicyclic) bond motifs is 2. The Bertz CT molecular complexity index is 1490. The summed E-state index contributed by atoms with van der Waals surface area (Å²) < 4.78 is 5.50. The maximum absolute atomic E-state index is 14.1. The van der Waals surface area contributed by atoms with Crippen LogP contribution in [0.1, 0.15) is 63.0 Å². The molecule has 2 atom stereocenters. The second-order valence-corrected chi connectivity index (χ2v) is 11.8. The minimum Gasteiger partial charge on any atom is -0.480 e. The zero-order valence-corrected chi connectivity index (χ0v) is 24.7. The van der Waals surface area contributed by atoms with Gasteiger partial charge < -0.3 is 15.2 Å². The zero-order chi connectivity index (χ0) is 30.4. The molecule has 1 heterocycles. The molecule has 2 aliphatic rings. The van der Waals surface area contributed by atoms with Crippen molar-refractivity contribution in [3.8, 4) is 0 Å². The highest BCUT2D eigenvalue weighted by molar-refractivity contribution is 6.03. The van der Waals surface area contributed by atoms with E-state index in [1.54, 1.807) is 19.1 Å². The van der Waals surface area contributed by atoms with Crippen LogP contribution in [0.2, 0.25) is 0 Å². The second kappa shape index (κ2) is 13.4. The summed E-state index contributed by atoms with van der Waals surface area (Å²) >= 11 is 0. The van der Waals surface area contributed by atoms with Crippen LogP contribution in [-0.4, -0.2) is 48.1 Å². The number of anilines is 1. The zero-order valence-electron chi connectivity index (χ0n) is 24.7. The number of para-hydroxylation sites is 1. The van der Waals surface area contributed by atoms with Crippen molar-refractivity contribution in [1.82, 2.24) is 5.32 Å². The van der Waals surface area contributed by atoms with Crippen molar-refractivity contribution >= 4 is 40.2 Å². The van der Waals surface area contributed by atoms with Gasteiger partial charge in [-0.25, -0.2) is 0 Å². The summed E-state index contributed by atoms with van der Waals surface area (Å²) in [6, 6.07) is 20.8. The van der Waals surface area contributed by atoms with Crippen molar-refractivity contribution < 1.29 is 29.0 Å². The van der Waals surface area contributed by atoms with E-state index in [9.17, 15) is 24.3 Å². The standard InChI is InChI=1S/C35H40N2O6/c1-2-43-33(41)27(17-16-25-13-9-12-24-10-3-5-14-28(24)25)22-35(20-7-8-21-35)34(42)36-29-19-18-26-11-4-6-15-30(26)37(32(29)40)23-31(38)39/h3-6,9-15,27,29H,2,7-8,16-23H2,1H3,(H,36,42)(H,38,39). The molecule has 3 aromatic rings. The van der Waals surface area contributed by atoms with E-state index in [4.69, 9.17) is 4.74 Å². The normalized spacial score (nSPS) is 18.5. The average Bonchev–Trinajstić information content (AvgIpc) is 3.45. The number of hydrogen-bond acceptors (Lipinski definition) is 5. The van der Waals surface area contributed by atoms with Crippen LogP contribution in [0.15, 0.2) is 66.7 Å². The molecule has 0 radical (unpaired) electrons. The number of benzene rings is 3. The summed E-state index contributed by atoms with van der Waals surface area (Å²) in [5.74, 6) is -2.54. The molecule has 8 heteroatoms. The number of aliphatic carboxylic acids is 1. The molecular weight excluding hydrogens is 544 g/mol.